The topological polar surface area (TPSA) is 64.7 Å². The van der Waals surface area contributed by atoms with Crippen molar-refractivity contribution in [3.8, 4) is 0 Å². The second-order valence-electron chi connectivity index (χ2n) is 5.60. The third-order valence-corrected chi connectivity index (χ3v) is 4.77. The van der Waals surface area contributed by atoms with Gasteiger partial charge >= 0.3 is 6.18 Å². The monoisotopic (exact) mass is 461 g/mol. The zero-order chi connectivity index (χ0) is 19.8. The highest BCUT2D eigenvalue weighted by atomic mass is 79.9. The van der Waals surface area contributed by atoms with E-state index in [1.165, 1.54) is 13.2 Å². The summed E-state index contributed by atoms with van der Waals surface area (Å²) < 4.78 is 40.7. The van der Waals surface area contributed by atoms with E-state index in [0.29, 0.717) is 17.3 Å². The van der Waals surface area contributed by atoms with Gasteiger partial charge in [0.05, 0.1) is 22.9 Å². The van der Waals surface area contributed by atoms with E-state index in [4.69, 9.17) is 11.6 Å². The van der Waals surface area contributed by atoms with Crippen LogP contribution in [0.25, 0.3) is 0 Å². The lowest BCUT2D eigenvalue weighted by molar-refractivity contribution is -0.142. The zero-order valence-electron chi connectivity index (χ0n) is 13.8. The minimum absolute atomic E-state index is 0.249. The van der Waals surface area contributed by atoms with Gasteiger partial charge in [0.25, 0.3) is 5.91 Å². The highest BCUT2D eigenvalue weighted by molar-refractivity contribution is 9.10. The zero-order valence-corrected chi connectivity index (χ0v) is 16.1. The van der Waals surface area contributed by atoms with Crippen molar-refractivity contribution < 1.29 is 18.0 Å². The number of aromatic nitrogens is 4. The molecule has 27 heavy (non-hydrogen) atoms. The normalized spacial score (nSPS) is 11.6. The summed E-state index contributed by atoms with van der Waals surface area (Å²) in [7, 11) is 1.26. The molecule has 0 radical (unpaired) electrons. The SMILES string of the molecule is Cn1nc(C(F)(F)F)c(Br)c1C(=O)Nc1cnn(Cc2ccccc2Cl)c1. The smallest absolute Gasteiger partial charge is 0.318 e. The number of hydrogen-bond acceptors (Lipinski definition) is 3. The third kappa shape index (κ3) is 4.16. The molecule has 0 aliphatic heterocycles. The molecule has 0 saturated carbocycles. The fourth-order valence-electron chi connectivity index (χ4n) is 2.43. The summed E-state index contributed by atoms with van der Waals surface area (Å²) in [6.07, 6.45) is -1.73. The summed E-state index contributed by atoms with van der Waals surface area (Å²) in [5.41, 5.74) is -0.246. The molecule has 0 spiro atoms. The second-order valence-corrected chi connectivity index (χ2v) is 6.80. The Labute approximate surface area is 165 Å². The second kappa shape index (κ2) is 7.35. The van der Waals surface area contributed by atoms with E-state index < -0.39 is 22.3 Å². The predicted molar refractivity (Wildman–Crippen MR) is 96.6 cm³/mol. The van der Waals surface area contributed by atoms with Crippen molar-refractivity contribution in [3.05, 3.63) is 63.1 Å². The molecule has 0 saturated heterocycles. The van der Waals surface area contributed by atoms with Gasteiger partial charge in [-0.2, -0.15) is 23.4 Å². The van der Waals surface area contributed by atoms with Crippen molar-refractivity contribution >= 4 is 39.1 Å². The summed E-state index contributed by atoms with van der Waals surface area (Å²) in [6, 6.07) is 7.24. The number of amides is 1. The van der Waals surface area contributed by atoms with Crippen LogP contribution in [0.4, 0.5) is 18.9 Å². The molecule has 3 rings (SSSR count). The first-order chi connectivity index (χ1) is 12.7. The minimum Gasteiger partial charge on any atom is -0.318 e. The summed E-state index contributed by atoms with van der Waals surface area (Å²) in [5, 5.41) is 10.6. The molecule has 2 aromatic heterocycles. The van der Waals surface area contributed by atoms with Gasteiger partial charge in [0.2, 0.25) is 0 Å². The number of nitrogens with one attached hydrogen (secondary N) is 1. The van der Waals surface area contributed by atoms with Gasteiger partial charge in [-0.1, -0.05) is 29.8 Å². The molecule has 142 valence electrons. The van der Waals surface area contributed by atoms with Gasteiger partial charge in [-0.05, 0) is 27.6 Å². The largest absolute Gasteiger partial charge is 0.436 e. The summed E-state index contributed by atoms with van der Waals surface area (Å²) in [5.74, 6) is -0.746. The average Bonchev–Trinajstić information content (AvgIpc) is 3.13. The Hall–Kier alpha value is -2.33. The molecule has 11 heteroatoms. The van der Waals surface area contributed by atoms with Crippen molar-refractivity contribution in [1.29, 1.82) is 0 Å². The standard InChI is InChI=1S/C16H12BrClF3N5O/c1-25-13(12(17)14(24-25)16(19,20)21)15(27)23-10-6-22-26(8-10)7-9-4-2-3-5-11(9)18/h2-6,8H,7H2,1H3,(H,23,27). The Balaban J connectivity index is 1.77. The van der Waals surface area contributed by atoms with Gasteiger partial charge in [-0.3, -0.25) is 14.2 Å². The van der Waals surface area contributed by atoms with Crippen LogP contribution in [0, 0.1) is 0 Å². The molecule has 1 amide bonds. The first kappa shape index (κ1) is 19.4. The Morgan fingerprint density at radius 2 is 2.04 bits per heavy atom. The fraction of sp³-hybridized carbons (Fsp3) is 0.188. The third-order valence-electron chi connectivity index (χ3n) is 3.65. The van der Waals surface area contributed by atoms with Crippen molar-refractivity contribution in [2.45, 2.75) is 12.7 Å². The summed E-state index contributed by atoms with van der Waals surface area (Å²) in [4.78, 5) is 12.4. The minimum atomic E-state index is -4.67. The lowest BCUT2D eigenvalue weighted by Gasteiger charge is -2.05. The Kier molecular flexibility index (Phi) is 5.29. The number of benzene rings is 1. The van der Waals surface area contributed by atoms with Crippen molar-refractivity contribution in [2.75, 3.05) is 5.32 Å². The lowest BCUT2D eigenvalue weighted by atomic mass is 10.2. The Morgan fingerprint density at radius 1 is 1.33 bits per heavy atom. The van der Waals surface area contributed by atoms with Crippen LogP contribution < -0.4 is 5.32 Å². The molecular weight excluding hydrogens is 451 g/mol. The summed E-state index contributed by atoms with van der Waals surface area (Å²) >= 11 is 8.91. The number of hydrogen-bond donors (Lipinski definition) is 1. The number of halogens is 5. The molecular formula is C16H12BrClF3N5O. The molecule has 3 aromatic rings. The van der Waals surface area contributed by atoms with Crippen LogP contribution in [-0.4, -0.2) is 25.5 Å². The van der Waals surface area contributed by atoms with E-state index in [1.807, 2.05) is 18.2 Å². The molecule has 1 N–H and O–H groups in total. The van der Waals surface area contributed by atoms with Gasteiger partial charge in [0.15, 0.2) is 5.69 Å². The number of carbonyl (C=O) groups excluding carboxylic acids is 1. The fourth-order valence-corrected chi connectivity index (χ4v) is 3.37. The molecule has 0 unspecified atom stereocenters. The summed E-state index contributed by atoms with van der Waals surface area (Å²) in [6.45, 7) is 0.378. The van der Waals surface area contributed by atoms with Crippen LogP contribution >= 0.6 is 27.5 Å². The first-order valence-corrected chi connectivity index (χ1v) is 8.71. The highest BCUT2D eigenvalue weighted by Gasteiger charge is 2.39. The van der Waals surface area contributed by atoms with Crippen molar-refractivity contribution in [2.24, 2.45) is 7.05 Å². The van der Waals surface area contributed by atoms with Crippen LogP contribution in [-0.2, 0) is 19.8 Å². The quantitative estimate of drug-likeness (QED) is 0.627. The van der Waals surface area contributed by atoms with Gasteiger partial charge in [0.1, 0.15) is 5.69 Å². The van der Waals surface area contributed by atoms with Gasteiger partial charge < -0.3 is 5.32 Å². The van der Waals surface area contributed by atoms with Crippen LogP contribution in [0.5, 0.6) is 0 Å². The number of aryl methyl sites for hydroxylation is 1. The maximum absolute atomic E-state index is 12.9. The number of nitrogens with zero attached hydrogens (tertiary/aromatic N) is 4. The number of rotatable bonds is 4. The molecule has 1 aromatic carbocycles. The van der Waals surface area contributed by atoms with Crippen LogP contribution in [0.15, 0.2) is 41.1 Å². The van der Waals surface area contributed by atoms with Crippen LogP contribution in [0.3, 0.4) is 0 Å². The number of carbonyl (C=O) groups is 1. The van der Waals surface area contributed by atoms with Crippen LogP contribution in [0.2, 0.25) is 5.02 Å². The van der Waals surface area contributed by atoms with E-state index in [2.05, 4.69) is 31.4 Å². The molecule has 6 nitrogen and oxygen atoms in total. The van der Waals surface area contributed by atoms with Crippen molar-refractivity contribution in [3.63, 3.8) is 0 Å². The van der Waals surface area contributed by atoms with E-state index in [0.717, 1.165) is 10.2 Å². The predicted octanol–water partition coefficient (Wildman–Crippen LogP) is 4.35. The van der Waals surface area contributed by atoms with E-state index in [1.54, 1.807) is 16.9 Å². The maximum atomic E-state index is 12.9. The molecule has 0 aliphatic rings. The molecule has 0 bridgehead atoms. The van der Waals surface area contributed by atoms with Gasteiger partial charge in [-0.15, -0.1) is 0 Å². The molecule has 0 atom stereocenters. The maximum Gasteiger partial charge on any atom is 0.436 e. The highest BCUT2D eigenvalue weighted by Crippen LogP contribution is 2.35. The van der Waals surface area contributed by atoms with Crippen LogP contribution in [0.1, 0.15) is 21.7 Å². The average molecular weight is 463 g/mol. The number of alkyl halides is 3. The van der Waals surface area contributed by atoms with E-state index in [9.17, 15) is 18.0 Å². The van der Waals surface area contributed by atoms with Gasteiger partial charge in [0, 0.05) is 18.3 Å². The van der Waals surface area contributed by atoms with Crippen molar-refractivity contribution in [1.82, 2.24) is 19.6 Å². The Bertz CT molecular complexity index is 998. The molecule has 0 aliphatic carbocycles. The van der Waals surface area contributed by atoms with E-state index >= 15 is 0 Å². The lowest BCUT2D eigenvalue weighted by Crippen LogP contribution is -2.16. The molecule has 0 fully saturated rings. The molecule has 2 heterocycles. The first-order valence-electron chi connectivity index (χ1n) is 7.53. The van der Waals surface area contributed by atoms with Gasteiger partial charge in [-0.25, -0.2) is 0 Å². The Morgan fingerprint density at radius 3 is 2.67 bits per heavy atom. The number of anilines is 1. The van der Waals surface area contributed by atoms with E-state index in [-0.39, 0.29) is 5.69 Å².